The zero-order valence-corrected chi connectivity index (χ0v) is 10.2. The topological polar surface area (TPSA) is 49.4 Å². The average molecular weight is 234 g/mol. The van der Waals surface area contributed by atoms with E-state index >= 15 is 0 Å². The van der Waals surface area contributed by atoms with Crippen LogP contribution in [0, 0.1) is 12.3 Å². The molecule has 2 fully saturated rings. The molecule has 0 aromatic heterocycles. The van der Waals surface area contributed by atoms with Crippen molar-refractivity contribution >= 4 is 11.8 Å². The van der Waals surface area contributed by atoms with Crippen LogP contribution in [0.4, 0.5) is 0 Å². The number of carbonyl (C=O) groups is 2. The predicted molar refractivity (Wildman–Crippen MR) is 64.0 cm³/mol. The molecule has 2 aliphatic rings. The van der Waals surface area contributed by atoms with Crippen LogP contribution in [0.25, 0.3) is 0 Å². The van der Waals surface area contributed by atoms with Crippen molar-refractivity contribution in [3.05, 3.63) is 0 Å². The Hall–Kier alpha value is -1.50. The zero-order valence-electron chi connectivity index (χ0n) is 10.2. The van der Waals surface area contributed by atoms with Gasteiger partial charge in [0.2, 0.25) is 11.8 Å². The average Bonchev–Trinajstić information content (AvgIpc) is 2.73. The molecule has 0 bridgehead atoms. The van der Waals surface area contributed by atoms with Crippen LogP contribution in [0.1, 0.15) is 39.0 Å². The third-order valence-corrected chi connectivity index (χ3v) is 3.77. The summed E-state index contributed by atoms with van der Waals surface area (Å²) in [5, 5.41) is 2.89. The van der Waals surface area contributed by atoms with Crippen molar-refractivity contribution in [2.75, 3.05) is 6.54 Å². The number of amides is 2. The lowest BCUT2D eigenvalue weighted by Gasteiger charge is -2.42. The minimum absolute atomic E-state index is 0.0531. The van der Waals surface area contributed by atoms with E-state index in [1.165, 1.54) is 0 Å². The standard InChI is InChI=1S/C13H18N2O2/c1-3-6-10(2)15-9-11(16)14-13(12(15)17)7-4-5-8-13/h1,10H,4-9H2,2H3,(H,14,16). The largest absolute Gasteiger partial charge is 0.340 e. The van der Waals surface area contributed by atoms with Gasteiger partial charge in [-0.15, -0.1) is 12.3 Å². The molecule has 92 valence electrons. The van der Waals surface area contributed by atoms with E-state index < -0.39 is 5.54 Å². The first kappa shape index (κ1) is 12.0. The zero-order chi connectivity index (χ0) is 12.5. The van der Waals surface area contributed by atoms with Gasteiger partial charge in [0, 0.05) is 12.5 Å². The summed E-state index contributed by atoms with van der Waals surface area (Å²) in [5.41, 5.74) is -0.627. The van der Waals surface area contributed by atoms with E-state index in [0.29, 0.717) is 6.42 Å². The SMILES string of the molecule is C#CCC(C)N1CC(=O)NC2(CCCC2)C1=O. The van der Waals surface area contributed by atoms with Crippen molar-refractivity contribution in [1.29, 1.82) is 0 Å². The molecule has 4 heteroatoms. The first-order valence-corrected chi connectivity index (χ1v) is 6.14. The van der Waals surface area contributed by atoms with Crippen molar-refractivity contribution in [2.24, 2.45) is 0 Å². The lowest BCUT2D eigenvalue weighted by molar-refractivity contribution is -0.151. The van der Waals surface area contributed by atoms with Crippen LogP contribution in [0.5, 0.6) is 0 Å². The maximum absolute atomic E-state index is 12.5. The number of terminal acetylenes is 1. The summed E-state index contributed by atoms with van der Waals surface area (Å²) < 4.78 is 0. The van der Waals surface area contributed by atoms with Crippen LogP contribution < -0.4 is 5.32 Å². The van der Waals surface area contributed by atoms with Gasteiger partial charge in [-0.1, -0.05) is 12.8 Å². The molecule has 1 heterocycles. The highest BCUT2D eigenvalue weighted by Crippen LogP contribution is 2.34. The Morgan fingerprint density at radius 3 is 2.71 bits per heavy atom. The lowest BCUT2D eigenvalue weighted by Crippen LogP contribution is -2.66. The number of nitrogens with one attached hydrogen (secondary N) is 1. The monoisotopic (exact) mass is 234 g/mol. The summed E-state index contributed by atoms with van der Waals surface area (Å²) >= 11 is 0. The molecule has 1 aliphatic heterocycles. The molecule has 1 atom stereocenters. The first-order valence-electron chi connectivity index (χ1n) is 6.14. The molecule has 1 aliphatic carbocycles. The molecule has 0 aromatic rings. The molecule has 1 saturated heterocycles. The molecule has 0 aromatic carbocycles. The second-order valence-corrected chi connectivity index (χ2v) is 5.03. The van der Waals surface area contributed by atoms with Crippen molar-refractivity contribution in [2.45, 2.75) is 50.6 Å². The Bertz CT molecular complexity index is 377. The Labute approximate surface area is 102 Å². The van der Waals surface area contributed by atoms with Crippen LogP contribution in [-0.4, -0.2) is 34.8 Å². The molecule has 0 radical (unpaired) electrons. The van der Waals surface area contributed by atoms with E-state index in [1.54, 1.807) is 4.90 Å². The first-order chi connectivity index (χ1) is 8.09. The second-order valence-electron chi connectivity index (χ2n) is 5.03. The number of piperazine rings is 1. The van der Waals surface area contributed by atoms with Crippen LogP contribution in [0.15, 0.2) is 0 Å². The van der Waals surface area contributed by atoms with Gasteiger partial charge in [-0.3, -0.25) is 9.59 Å². The van der Waals surface area contributed by atoms with Gasteiger partial charge in [-0.25, -0.2) is 0 Å². The molecular formula is C13H18N2O2. The summed E-state index contributed by atoms with van der Waals surface area (Å²) in [6, 6.07) is -0.0592. The third-order valence-electron chi connectivity index (χ3n) is 3.77. The quantitative estimate of drug-likeness (QED) is 0.714. The number of carbonyl (C=O) groups excluding carboxylic acids is 2. The highest BCUT2D eigenvalue weighted by Gasteiger charge is 2.49. The third kappa shape index (κ3) is 2.02. The smallest absolute Gasteiger partial charge is 0.249 e. The normalized spacial score (nSPS) is 24.6. The number of hydrogen-bond donors (Lipinski definition) is 1. The molecule has 1 N–H and O–H groups in total. The fourth-order valence-corrected chi connectivity index (χ4v) is 2.82. The summed E-state index contributed by atoms with van der Waals surface area (Å²) in [5.74, 6) is 2.55. The Balaban J connectivity index is 2.20. The highest BCUT2D eigenvalue weighted by molar-refractivity contribution is 5.98. The van der Waals surface area contributed by atoms with Crippen molar-refractivity contribution in [1.82, 2.24) is 10.2 Å². The van der Waals surface area contributed by atoms with E-state index in [-0.39, 0.29) is 24.4 Å². The molecule has 1 saturated carbocycles. The fourth-order valence-electron chi connectivity index (χ4n) is 2.82. The van der Waals surface area contributed by atoms with Gasteiger partial charge in [0.25, 0.3) is 0 Å². The number of rotatable bonds is 2. The lowest BCUT2D eigenvalue weighted by atomic mass is 9.92. The predicted octanol–water partition coefficient (Wildman–Crippen LogP) is 0.669. The summed E-state index contributed by atoms with van der Waals surface area (Å²) in [6.07, 6.45) is 9.30. The van der Waals surface area contributed by atoms with E-state index in [9.17, 15) is 9.59 Å². The minimum Gasteiger partial charge on any atom is -0.340 e. The van der Waals surface area contributed by atoms with Gasteiger partial charge < -0.3 is 10.2 Å². The number of nitrogens with zero attached hydrogens (tertiary/aromatic N) is 1. The van der Waals surface area contributed by atoms with Gasteiger partial charge in [0.05, 0.1) is 6.54 Å². The van der Waals surface area contributed by atoms with E-state index in [0.717, 1.165) is 25.7 Å². The van der Waals surface area contributed by atoms with Gasteiger partial charge in [-0.2, -0.15) is 0 Å². The minimum atomic E-state index is -0.627. The van der Waals surface area contributed by atoms with Crippen LogP contribution in [-0.2, 0) is 9.59 Å². The van der Waals surface area contributed by atoms with Crippen molar-refractivity contribution in [3.63, 3.8) is 0 Å². The van der Waals surface area contributed by atoms with Crippen molar-refractivity contribution in [3.8, 4) is 12.3 Å². The highest BCUT2D eigenvalue weighted by atomic mass is 16.2. The van der Waals surface area contributed by atoms with Gasteiger partial charge >= 0.3 is 0 Å². The molecule has 4 nitrogen and oxygen atoms in total. The molecule has 17 heavy (non-hydrogen) atoms. The van der Waals surface area contributed by atoms with Gasteiger partial charge in [0.15, 0.2) is 0 Å². The Kier molecular flexibility index (Phi) is 3.10. The van der Waals surface area contributed by atoms with Gasteiger partial charge in [-0.05, 0) is 19.8 Å². The summed E-state index contributed by atoms with van der Waals surface area (Å²) in [6.45, 7) is 2.04. The molecule has 1 unspecified atom stereocenters. The number of hydrogen-bond acceptors (Lipinski definition) is 2. The fraction of sp³-hybridized carbons (Fsp3) is 0.692. The maximum atomic E-state index is 12.5. The van der Waals surface area contributed by atoms with E-state index in [1.807, 2.05) is 6.92 Å². The second kappa shape index (κ2) is 4.40. The molecular weight excluding hydrogens is 216 g/mol. The van der Waals surface area contributed by atoms with Crippen LogP contribution >= 0.6 is 0 Å². The molecule has 2 amide bonds. The van der Waals surface area contributed by atoms with Crippen molar-refractivity contribution < 1.29 is 9.59 Å². The summed E-state index contributed by atoms with van der Waals surface area (Å²) in [7, 11) is 0. The molecule has 1 spiro atoms. The van der Waals surface area contributed by atoms with Crippen LogP contribution in [0.3, 0.4) is 0 Å². The Morgan fingerprint density at radius 2 is 2.12 bits per heavy atom. The van der Waals surface area contributed by atoms with Gasteiger partial charge in [0.1, 0.15) is 5.54 Å². The van der Waals surface area contributed by atoms with E-state index in [4.69, 9.17) is 6.42 Å². The van der Waals surface area contributed by atoms with E-state index in [2.05, 4.69) is 11.2 Å². The Morgan fingerprint density at radius 1 is 1.47 bits per heavy atom. The van der Waals surface area contributed by atoms with Crippen LogP contribution in [0.2, 0.25) is 0 Å². The molecule has 2 rings (SSSR count). The maximum Gasteiger partial charge on any atom is 0.249 e. The summed E-state index contributed by atoms with van der Waals surface area (Å²) in [4.78, 5) is 25.8.